The van der Waals surface area contributed by atoms with Gasteiger partial charge < -0.3 is 4.74 Å². The van der Waals surface area contributed by atoms with Crippen LogP contribution < -0.4 is 16.3 Å². The van der Waals surface area contributed by atoms with E-state index in [2.05, 4.69) is 48.1 Å². The molecule has 1 aliphatic heterocycles. The lowest BCUT2D eigenvalue weighted by Gasteiger charge is -2.17. The highest BCUT2D eigenvalue weighted by molar-refractivity contribution is 9.10. The van der Waals surface area contributed by atoms with Gasteiger partial charge in [0.05, 0.1) is 12.5 Å². The van der Waals surface area contributed by atoms with Gasteiger partial charge in [0.15, 0.2) is 6.61 Å². The molecule has 1 saturated heterocycles. The van der Waals surface area contributed by atoms with Gasteiger partial charge in [0.25, 0.3) is 17.7 Å². The van der Waals surface area contributed by atoms with Gasteiger partial charge in [-0.15, -0.1) is 0 Å². The van der Waals surface area contributed by atoms with Gasteiger partial charge in [-0.3, -0.25) is 45.3 Å². The van der Waals surface area contributed by atoms with Crippen LogP contribution in [0.3, 0.4) is 0 Å². The lowest BCUT2D eigenvalue weighted by Crippen LogP contribution is -2.44. The van der Waals surface area contributed by atoms with Gasteiger partial charge in [-0.25, -0.2) is 0 Å². The SMILES string of the molecule is O=C(COC(=O)[C@@H]1CC(=O)N(NC(=O)c2ccc(Br)cc2)C1)NNC(=O)c1ccc(Br)cc1. The quantitative estimate of drug-likeness (QED) is 0.351. The molecule has 0 bridgehead atoms. The summed E-state index contributed by atoms with van der Waals surface area (Å²) in [4.78, 5) is 60.5. The van der Waals surface area contributed by atoms with Crippen molar-refractivity contribution in [2.75, 3.05) is 13.2 Å². The summed E-state index contributed by atoms with van der Waals surface area (Å²) in [6, 6.07) is 13.0. The number of hydrogen-bond donors (Lipinski definition) is 3. The molecule has 10 nitrogen and oxygen atoms in total. The molecule has 1 fully saturated rings. The summed E-state index contributed by atoms with van der Waals surface area (Å²) in [6.45, 7) is -0.725. The predicted molar refractivity (Wildman–Crippen MR) is 122 cm³/mol. The fourth-order valence-corrected chi connectivity index (χ4v) is 3.38. The van der Waals surface area contributed by atoms with E-state index >= 15 is 0 Å². The maximum Gasteiger partial charge on any atom is 0.311 e. The third-order valence-electron chi connectivity index (χ3n) is 4.57. The Morgan fingerprint density at radius 1 is 0.879 bits per heavy atom. The van der Waals surface area contributed by atoms with Crippen molar-refractivity contribution in [3.05, 3.63) is 68.6 Å². The Bertz CT molecular complexity index is 1080. The summed E-state index contributed by atoms with van der Waals surface area (Å²) < 4.78 is 6.54. The zero-order chi connectivity index (χ0) is 24.0. The molecular weight excluding hydrogens is 564 g/mol. The van der Waals surface area contributed by atoms with Crippen LogP contribution in [0.5, 0.6) is 0 Å². The minimum atomic E-state index is -0.840. The molecule has 172 valence electrons. The largest absolute Gasteiger partial charge is 0.455 e. The minimum Gasteiger partial charge on any atom is -0.455 e. The zero-order valence-electron chi connectivity index (χ0n) is 17.0. The van der Waals surface area contributed by atoms with E-state index in [1.54, 1.807) is 48.5 Å². The molecule has 4 amide bonds. The number of amides is 4. The standard InChI is InChI=1S/C21H18Br2N4O6/c22-15-5-1-12(2-6-15)19(30)25-24-17(28)11-33-21(32)14-9-18(29)27(10-14)26-20(31)13-3-7-16(23)8-4-13/h1-8,14H,9-11H2,(H,24,28)(H,25,30)(H,26,31)/t14-/m1/s1. The van der Waals surface area contributed by atoms with E-state index in [4.69, 9.17) is 4.74 Å². The van der Waals surface area contributed by atoms with Gasteiger partial charge in [0.1, 0.15) is 0 Å². The van der Waals surface area contributed by atoms with Crippen molar-refractivity contribution in [3.63, 3.8) is 0 Å². The highest BCUT2D eigenvalue weighted by Crippen LogP contribution is 2.18. The smallest absolute Gasteiger partial charge is 0.311 e. The van der Waals surface area contributed by atoms with Crippen LogP contribution in [0.15, 0.2) is 57.5 Å². The average molecular weight is 582 g/mol. The molecule has 1 heterocycles. The molecule has 1 atom stereocenters. The van der Waals surface area contributed by atoms with Crippen LogP contribution in [0.25, 0.3) is 0 Å². The number of hydrazine groups is 2. The van der Waals surface area contributed by atoms with Crippen LogP contribution in [0, 0.1) is 5.92 Å². The molecule has 2 aromatic rings. The van der Waals surface area contributed by atoms with Gasteiger partial charge in [0.2, 0.25) is 5.91 Å². The lowest BCUT2D eigenvalue weighted by atomic mass is 10.1. The van der Waals surface area contributed by atoms with Crippen molar-refractivity contribution in [2.24, 2.45) is 5.92 Å². The molecule has 0 radical (unpaired) electrons. The van der Waals surface area contributed by atoms with Crippen LogP contribution in [0.4, 0.5) is 0 Å². The molecule has 12 heteroatoms. The summed E-state index contributed by atoms with van der Waals surface area (Å²) in [5, 5.41) is 1.05. The molecular formula is C21H18Br2N4O6. The Balaban J connectivity index is 1.42. The summed E-state index contributed by atoms with van der Waals surface area (Å²) in [7, 11) is 0. The Morgan fingerprint density at radius 2 is 1.42 bits per heavy atom. The van der Waals surface area contributed by atoms with Crippen molar-refractivity contribution in [2.45, 2.75) is 6.42 Å². The Hall–Kier alpha value is -3.25. The highest BCUT2D eigenvalue weighted by atomic mass is 79.9. The first-order chi connectivity index (χ1) is 15.7. The number of nitrogens with zero attached hydrogens (tertiary/aromatic N) is 1. The van der Waals surface area contributed by atoms with Crippen LogP contribution in [-0.2, 0) is 19.1 Å². The van der Waals surface area contributed by atoms with E-state index in [0.29, 0.717) is 11.1 Å². The van der Waals surface area contributed by atoms with Gasteiger partial charge in [-0.1, -0.05) is 31.9 Å². The van der Waals surface area contributed by atoms with Crippen LogP contribution in [0.2, 0.25) is 0 Å². The third kappa shape index (κ3) is 6.86. The molecule has 0 spiro atoms. The number of carbonyl (C=O) groups excluding carboxylic acids is 5. The molecule has 0 unspecified atom stereocenters. The van der Waals surface area contributed by atoms with E-state index in [0.717, 1.165) is 14.0 Å². The Morgan fingerprint density at radius 3 is 2.00 bits per heavy atom. The number of nitrogens with one attached hydrogen (secondary N) is 3. The lowest BCUT2D eigenvalue weighted by molar-refractivity contribution is -0.152. The number of ether oxygens (including phenoxy) is 1. The first kappa shape index (κ1) is 24.4. The molecule has 0 saturated carbocycles. The maximum absolute atomic E-state index is 12.3. The van der Waals surface area contributed by atoms with Crippen molar-refractivity contribution < 1.29 is 28.7 Å². The number of halogens is 2. The molecule has 3 rings (SSSR count). The van der Waals surface area contributed by atoms with E-state index in [1.165, 1.54) is 0 Å². The topological polar surface area (TPSA) is 134 Å². The summed E-state index contributed by atoms with van der Waals surface area (Å²) in [6.07, 6.45) is -0.165. The van der Waals surface area contributed by atoms with Crippen molar-refractivity contribution in [1.29, 1.82) is 0 Å². The maximum atomic E-state index is 12.3. The molecule has 0 aliphatic carbocycles. The molecule has 0 aromatic heterocycles. The highest BCUT2D eigenvalue weighted by Gasteiger charge is 2.36. The molecule has 3 N–H and O–H groups in total. The van der Waals surface area contributed by atoms with Gasteiger partial charge in [-0.05, 0) is 48.5 Å². The van der Waals surface area contributed by atoms with E-state index in [-0.39, 0.29) is 13.0 Å². The fraction of sp³-hybridized carbons (Fsp3) is 0.190. The van der Waals surface area contributed by atoms with Gasteiger partial charge in [0, 0.05) is 26.5 Å². The van der Waals surface area contributed by atoms with Crippen LogP contribution in [0.1, 0.15) is 27.1 Å². The number of hydrogen-bond acceptors (Lipinski definition) is 6. The summed E-state index contributed by atoms with van der Waals surface area (Å²) >= 11 is 6.53. The number of rotatable bonds is 6. The molecule has 2 aromatic carbocycles. The summed E-state index contributed by atoms with van der Waals surface area (Å²) in [5.74, 6) is -3.84. The van der Waals surface area contributed by atoms with Crippen molar-refractivity contribution in [1.82, 2.24) is 21.3 Å². The minimum absolute atomic E-state index is 0.0815. The van der Waals surface area contributed by atoms with Crippen LogP contribution in [-0.4, -0.2) is 47.8 Å². The second-order valence-corrected chi connectivity index (χ2v) is 8.80. The fourth-order valence-electron chi connectivity index (χ4n) is 2.85. The van der Waals surface area contributed by atoms with Crippen molar-refractivity contribution >= 4 is 61.5 Å². The first-order valence-corrected chi connectivity index (χ1v) is 11.2. The second-order valence-electron chi connectivity index (χ2n) is 6.97. The van der Waals surface area contributed by atoms with Gasteiger partial charge in [-0.2, -0.15) is 0 Å². The van der Waals surface area contributed by atoms with E-state index in [1.807, 2.05) is 0 Å². The number of esters is 1. The Kier molecular flexibility index (Phi) is 8.17. The number of benzene rings is 2. The zero-order valence-corrected chi connectivity index (χ0v) is 20.1. The van der Waals surface area contributed by atoms with E-state index < -0.39 is 42.1 Å². The third-order valence-corrected chi connectivity index (χ3v) is 5.63. The average Bonchev–Trinajstić information content (AvgIpc) is 3.16. The number of carbonyl (C=O) groups is 5. The summed E-state index contributed by atoms with van der Waals surface area (Å²) in [5.41, 5.74) is 7.48. The predicted octanol–water partition coefficient (Wildman–Crippen LogP) is 1.71. The van der Waals surface area contributed by atoms with Crippen LogP contribution >= 0.6 is 31.9 Å². The van der Waals surface area contributed by atoms with Gasteiger partial charge >= 0.3 is 5.97 Å². The van der Waals surface area contributed by atoms with E-state index in [9.17, 15) is 24.0 Å². The monoisotopic (exact) mass is 580 g/mol. The van der Waals surface area contributed by atoms with Crippen molar-refractivity contribution in [3.8, 4) is 0 Å². The molecule has 1 aliphatic rings. The normalized spacial score (nSPS) is 15.0. The second kappa shape index (κ2) is 11.1. The first-order valence-electron chi connectivity index (χ1n) is 9.61. The Labute approximate surface area is 205 Å². The molecule has 33 heavy (non-hydrogen) atoms.